The Hall–Kier alpha value is -2.28. The standard InChI is InChI=1S/C21H25FN4OS/c1-14(2)23-21(27)26-10-8-25(9-11-26)19-13-18(15-3-5-16(22)6-4-15)24-17-7-12-28-20(17)19/h3-6,13-14H,7-12H2,1-2H3,(H,23,27). The average molecular weight is 401 g/mol. The molecule has 4 rings (SSSR count). The largest absolute Gasteiger partial charge is 0.367 e. The monoisotopic (exact) mass is 400 g/mol. The second kappa shape index (κ2) is 7.99. The Morgan fingerprint density at radius 3 is 2.57 bits per heavy atom. The summed E-state index contributed by atoms with van der Waals surface area (Å²) in [4.78, 5) is 22.6. The number of anilines is 1. The lowest BCUT2D eigenvalue weighted by Gasteiger charge is -2.37. The highest BCUT2D eigenvalue weighted by Crippen LogP contribution is 2.40. The zero-order chi connectivity index (χ0) is 19.7. The topological polar surface area (TPSA) is 48.5 Å². The number of pyridine rings is 1. The van der Waals surface area contributed by atoms with Crippen molar-refractivity contribution in [2.24, 2.45) is 0 Å². The number of hydrogen-bond donors (Lipinski definition) is 1. The lowest BCUT2D eigenvalue weighted by atomic mass is 10.1. The number of piperazine rings is 1. The van der Waals surface area contributed by atoms with Crippen molar-refractivity contribution in [1.29, 1.82) is 0 Å². The van der Waals surface area contributed by atoms with Crippen LogP contribution in [0.4, 0.5) is 14.9 Å². The number of aromatic nitrogens is 1. The van der Waals surface area contributed by atoms with Crippen LogP contribution in [0.25, 0.3) is 11.3 Å². The van der Waals surface area contributed by atoms with Gasteiger partial charge in [-0.3, -0.25) is 4.98 Å². The van der Waals surface area contributed by atoms with E-state index >= 15 is 0 Å². The van der Waals surface area contributed by atoms with Gasteiger partial charge in [0.05, 0.1) is 22.0 Å². The van der Waals surface area contributed by atoms with E-state index in [-0.39, 0.29) is 17.9 Å². The Labute approximate surface area is 169 Å². The van der Waals surface area contributed by atoms with Gasteiger partial charge in [-0.2, -0.15) is 0 Å². The molecule has 0 spiro atoms. The minimum Gasteiger partial charge on any atom is -0.367 e. The van der Waals surface area contributed by atoms with Gasteiger partial charge in [0, 0.05) is 50.0 Å². The third kappa shape index (κ3) is 3.94. The van der Waals surface area contributed by atoms with Crippen LogP contribution in [0.1, 0.15) is 19.5 Å². The molecule has 2 amide bonds. The normalized spacial score (nSPS) is 16.4. The minimum atomic E-state index is -0.239. The summed E-state index contributed by atoms with van der Waals surface area (Å²) in [5.41, 5.74) is 4.13. The maximum Gasteiger partial charge on any atom is 0.317 e. The first-order chi connectivity index (χ1) is 13.5. The molecule has 2 aliphatic rings. The number of rotatable bonds is 3. The summed E-state index contributed by atoms with van der Waals surface area (Å²) in [6.07, 6.45) is 0.957. The Morgan fingerprint density at radius 1 is 1.18 bits per heavy atom. The van der Waals surface area contributed by atoms with Gasteiger partial charge in [-0.25, -0.2) is 9.18 Å². The number of thioether (sulfide) groups is 1. The van der Waals surface area contributed by atoms with Crippen molar-refractivity contribution in [1.82, 2.24) is 15.2 Å². The zero-order valence-electron chi connectivity index (χ0n) is 16.2. The predicted octanol–water partition coefficient (Wildman–Crippen LogP) is 3.78. The summed E-state index contributed by atoms with van der Waals surface area (Å²) in [5.74, 6) is 0.801. The van der Waals surface area contributed by atoms with Crippen molar-refractivity contribution >= 4 is 23.5 Å². The number of nitrogens with one attached hydrogen (secondary N) is 1. The molecule has 1 saturated heterocycles. The Balaban J connectivity index is 1.56. The smallest absolute Gasteiger partial charge is 0.317 e. The molecule has 5 nitrogen and oxygen atoms in total. The summed E-state index contributed by atoms with van der Waals surface area (Å²) in [6.45, 7) is 6.94. The molecule has 148 valence electrons. The van der Waals surface area contributed by atoms with Gasteiger partial charge in [0.25, 0.3) is 0 Å². The number of nitrogens with zero attached hydrogens (tertiary/aromatic N) is 3. The van der Waals surface area contributed by atoms with Crippen LogP contribution in [0.15, 0.2) is 35.2 Å². The minimum absolute atomic E-state index is 0.0102. The number of urea groups is 1. The van der Waals surface area contributed by atoms with Gasteiger partial charge in [-0.05, 0) is 44.2 Å². The molecule has 0 bridgehead atoms. The van der Waals surface area contributed by atoms with Crippen molar-refractivity contribution in [3.05, 3.63) is 41.8 Å². The van der Waals surface area contributed by atoms with Gasteiger partial charge in [0.2, 0.25) is 0 Å². The number of fused-ring (bicyclic) bond motifs is 1. The average Bonchev–Trinajstić information content (AvgIpc) is 3.16. The quantitative estimate of drug-likeness (QED) is 0.852. The van der Waals surface area contributed by atoms with Crippen molar-refractivity contribution in [2.45, 2.75) is 31.2 Å². The maximum absolute atomic E-state index is 13.3. The number of aryl methyl sites for hydroxylation is 1. The molecule has 0 aliphatic carbocycles. The fraction of sp³-hybridized carbons (Fsp3) is 0.429. The van der Waals surface area contributed by atoms with Gasteiger partial charge in [0.1, 0.15) is 5.82 Å². The van der Waals surface area contributed by atoms with Crippen molar-refractivity contribution in [3.63, 3.8) is 0 Å². The third-order valence-corrected chi connectivity index (χ3v) is 6.21. The van der Waals surface area contributed by atoms with Crippen LogP contribution in [-0.4, -0.2) is 53.9 Å². The van der Waals surface area contributed by atoms with Crippen LogP contribution in [0.5, 0.6) is 0 Å². The number of amides is 2. The maximum atomic E-state index is 13.3. The fourth-order valence-corrected chi connectivity index (χ4v) is 4.79. The van der Waals surface area contributed by atoms with Gasteiger partial charge in [-0.15, -0.1) is 11.8 Å². The number of carbonyl (C=O) groups is 1. The summed E-state index contributed by atoms with van der Waals surface area (Å²) >= 11 is 1.85. The third-order valence-electron chi connectivity index (χ3n) is 5.07. The van der Waals surface area contributed by atoms with E-state index in [2.05, 4.69) is 16.3 Å². The van der Waals surface area contributed by atoms with Gasteiger partial charge >= 0.3 is 6.03 Å². The lowest BCUT2D eigenvalue weighted by Crippen LogP contribution is -2.53. The highest BCUT2D eigenvalue weighted by atomic mass is 32.2. The molecular formula is C21H25FN4OS. The highest BCUT2D eigenvalue weighted by Gasteiger charge is 2.27. The molecule has 2 aromatic rings. The molecule has 0 saturated carbocycles. The Bertz CT molecular complexity index is 863. The molecule has 1 aromatic carbocycles. The van der Waals surface area contributed by atoms with E-state index in [1.54, 1.807) is 12.1 Å². The van der Waals surface area contributed by atoms with Crippen LogP contribution >= 0.6 is 11.8 Å². The molecule has 2 aliphatic heterocycles. The zero-order valence-corrected chi connectivity index (χ0v) is 17.1. The van der Waals surface area contributed by atoms with Crippen LogP contribution in [-0.2, 0) is 6.42 Å². The summed E-state index contributed by atoms with van der Waals surface area (Å²) in [5, 5.41) is 2.97. The molecule has 3 heterocycles. The molecule has 1 N–H and O–H groups in total. The fourth-order valence-electron chi connectivity index (χ4n) is 3.64. The van der Waals surface area contributed by atoms with Gasteiger partial charge in [-0.1, -0.05) is 0 Å². The van der Waals surface area contributed by atoms with Crippen molar-refractivity contribution in [2.75, 3.05) is 36.8 Å². The van der Waals surface area contributed by atoms with E-state index in [9.17, 15) is 9.18 Å². The van der Waals surface area contributed by atoms with Crippen molar-refractivity contribution in [3.8, 4) is 11.3 Å². The molecule has 7 heteroatoms. The first-order valence-electron chi connectivity index (χ1n) is 9.74. The van der Waals surface area contributed by atoms with E-state index in [1.165, 1.54) is 22.7 Å². The van der Waals surface area contributed by atoms with E-state index in [4.69, 9.17) is 4.98 Å². The van der Waals surface area contributed by atoms with E-state index < -0.39 is 0 Å². The first kappa shape index (κ1) is 19.1. The second-order valence-electron chi connectivity index (χ2n) is 7.49. The molecule has 0 unspecified atom stereocenters. The van der Waals surface area contributed by atoms with Gasteiger partial charge < -0.3 is 15.1 Å². The molecular weight excluding hydrogens is 375 g/mol. The predicted molar refractivity (Wildman–Crippen MR) is 112 cm³/mol. The molecule has 28 heavy (non-hydrogen) atoms. The van der Waals surface area contributed by atoms with E-state index in [0.29, 0.717) is 13.1 Å². The van der Waals surface area contributed by atoms with Crippen LogP contribution in [0.2, 0.25) is 0 Å². The SMILES string of the molecule is CC(C)NC(=O)N1CCN(c2cc(-c3ccc(F)cc3)nc3c2SCC3)CC1. The first-order valence-corrected chi connectivity index (χ1v) is 10.7. The molecule has 1 fully saturated rings. The van der Waals surface area contributed by atoms with E-state index in [0.717, 1.165) is 42.2 Å². The number of halogens is 1. The lowest BCUT2D eigenvalue weighted by molar-refractivity contribution is 0.192. The molecule has 0 atom stereocenters. The summed E-state index contributed by atoms with van der Waals surface area (Å²) in [6, 6.07) is 8.79. The summed E-state index contributed by atoms with van der Waals surface area (Å²) in [7, 11) is 0. The highest BCUT2D eigenvalue weighted by molar-refractivity contribution is 7.99. The number of benzene rings is 1. The van der Waals surface area contributed by atoms with Crippen LogP contribution in [0, 0.1) is 5.82 Å². The van der Waals surface area contributed by atoms with Gasteiger partial charge in [0.15, 0.2) is 0 Å². The second-order valence-corrected chi connectivity index (χ2v) is 8.59. The number of hydrogen-bond acceptors (Lipinski definition) is 4. The van der Waals surface area contributed by atoms with Crippen LogP contribution in [0.3, 0.4) is 0 Å². The Morgan fingerprint density at radius 2 is 1.89 bits per heavy atom. The van der Waals surface area contributed by atoms with Crippen LogP contribution < -0.4 is 10.2 Å². The molecule has 0 radical (unpaired) electrons. The Kier molecular flexibility index (Phi) is 5.44. The molecule has 1 aromatic heterocycles. The number of carbonyl (C=O) groups excluding carboxylic acids is 1. The van der Waals surface area contributed by atoms with Crippen molar-refractivity contribution < 1.29 is 9.18 Å². The summed E-state index contributed by atoms with van der Waals surface area (Å²) < 4.78 is 13.3. The van der Waals surface area contributed by atoms with E-state index in [1.807, 2.05) is 30.5 Å².